The van der Waals surface area contributed by atoms with Crippen molar-refractivity contribution in [1.82, 2.24) is 9.97 Å². The van der Waals surface area contributed by atoms with Crippen molar-refractivity contribution in [3.63, 3.8) is 0 Å². The van der Waals surface area contributed by atoms with Gasteiger partial charge >= 0.3 is 12.0 Å². The van der Waals surface area contributed by atoms with Gasteiger partial charge in [0.25, 0.3) is 0 Å². The maximum absolute atomic E-state index is 12.9. The highest BCUT2D eigenvalue weighted by atomic mass is 35.5. The summed E-state index contributed by atoms with van der Waals surface area (Å²) in [7, 11) is 0. The van der Waals surface area contributed by atoms with E-state index in [2.05, 4.69) is 14.4 Å². The van der Waals surface area contributed by atoms with Crippen LogP contribution in [-0.4, -0.2) is 31.2 Å². The molecule has 1 aliphatic carbocycles. The lowest BCUT2D eigenvalue weighted by atomic mass is 10.3. The number of aromatic nitrogens is 2. The van der Waals surface area contributed by atoms with Gasteiger partial charge in [-0.25, -0.2) is 18.6 Å². The lowest BCUT2D eigenvalue weighted by Crippen LogP contribution is -2.28. The number of nitrogens with two attached hydrogens (primary N) is 1. The van der Waals surface area contributed by atoms with Crippen molar-refractivity contribution in [3.05, 3.63) is 12.0 Å². The first-order valence-electron chi connectivity index (χ1n) is 5.02. The molecule has 100 valence electrons. The second-order valence-electron chi connectivity index (χ2n) is 3.95. The van der Waals surface area contributed by atoms with E-state index in [-0.39, 0.29) is 17.1 Å². The molecule has 3 atom stereocenters. The van der Waals surface area contributed by atoms with Gasteiger partial charge in [-0.3, -0.25) is 0 Å². The minimum absolute atomic E-state index is 0.279. The predicted octanol–water partition coefficient (Wildman–Crippen LogP) is 1.38. The molecule has 2 aliphatic rings. The highest BCUT2D eigenvalue weighted by Crippen LogP contribution is 2.64. The summed E-state index contributed by atoms with van der Waals surface area (Å²) in [5.74, 6) is -2.24. The average molecular weight is 323 g/mol. The van der Waals surface area contributed by atoms with E-state index < -0.39 is 27.7 Å². The van der Waals surface area contributed by atoms with Gasteiger partial charge in [0.2, 0.25) is 0 Å². The van der Waals surface area contributed by atoms with E-state index in [1.807, 2.05) is 0 Å². The molecule has 0 spiro atoms. The van der Waals surface area contributed by atoms with Crippen molar-refractivity contribution in [3.8, 4) is 6.01 Å². The Morgan fingerprint density at radius 3 is 2.95 bits per heavy atom. The van der Waals surface area contributed by atoms with E-state index in [0.29, 0.717) is 0 Å². The normalized spacial score (nSPS) is 31.6. The quantitative estimate of drug-likeness (QED) is 0.502. The molecule has 3 rings (SSSR count). The van der Waals surface area contributed by atoms with Gasteiger partial charge in [0.05, 0.1) is 17.5 Å². The molecule has 3 unspecified atom stereocenters. The Balaban J connectivity index is 1.78. The Bertz CT molecular complexity index is 616. The number of halogens is 3. The minimum atomic E-state index is -1.04. The molecule has 10 heteroatoms. The highest BCUT2D eigenvalue weighted by molar-refractivity contribution is 8.01. The van der Waals surface area contributed by atoms with Crippen LogP contribution in [0.15, 0.2) is 10.6 Å². The zero-order valence-electron chi connectivity index (χ0n) is 9.01. The number of hydrogen-bond acceptors (Lipinski definition) is 7. The molecular formula is C9H5Cl2FN4O2S. The molecule has 0 radical (unpaired) electrons. The van der Waals surface area contributed by atoms with E-state index in [0.717, 1.165) is 18.1 Å². The number of ether oxygens (including phenoxy) is 1. The van der Waals surface area contributed by atoms with Gasteiger partial charge in [0.1, 0.15) is 5.17 Å². The molecule has 1 aromatic rings. The minimum Gasteiger partial charge on any atom is -0.390 e. The molecule has 2 heterocycles. The standard InChI is InChI=1S/C9H5Cl2FN4O2S/c10-4-3-5(11)16-19-9(3,4)7(17)18-8-14-1-2(12)6(13)15-8/h1,3-4H,(H2,13,14,15). The topological polar surface area (TPSA) is 90.5 Å². The molecule has 19 heavy (non-hydrogen) atoms. The Morgan fingerprint density at radius 2 is 2.37 bits per heavy atom. The lowest BCUT2D eigenvalue weighted by molar-refractivity contribution is -0.135. The van der Waals surface area contributed by atoms with Crippen molar-refractivity contribution in [2.75, 3.05) is 5.73 Å². The number of hydrogen-bond donors (Lipinski definition) is 1. The van der Waals surface area contributed by atoms with Gasteiger partial charge in [0.15, 0.2) is 16.4 Å². The van der Waals surface area contributed by atoms with Crippen molar-refractivity contribution < 1.29 is 13.9 Å². The third kappa shape index (κ3) is 1.78. The molecule has 1 fully saturated rings. The Morgan fingerprint density at radius 1 is 1.63 bits per heavy atom. The van der Waals surface area contributed by atoms with Crippen LogP contribution in [0.1, 0.15) is 0 Å². The van der Waals surface area contributed by atoms with Crippen LogP contribution in [0, 0.1) is 11.7 Å². The summed E-state index contributed by atoms with van der Waals surface area (Å²) in [5, 5.41) is -0.214. The van der Waals surface area contributed by atoms with E-state index in [1.165, 1.54) is 0 Å². The van der Waals surface area contributed by atoms with Gasteiger partial charge in [-0.05, 0) is 11.9 Å². The number of carbonyl (C=O) groups is 1. The maximum Gasteiger partial charge on any atom is 0.334 e. The van der Waals surface area contributed by atoms with Crippen LogP contribution in [0.5, 0.6) is 6.01 Å². The van der Waals surface area contributed by atoms with Crippen LogP contribution in [0.4, 0.5) is 10.2 Å². The van der Waals surface area contributed by atoms with Crippen LogP contribution in [-0.2, 0) is 4.79 Å². The fraction of sp³-hybridized carbons (Fsp3) is 0.333. The summed E-state index contributed by atoms with van der Waals surface area (Å²) >= 11 is 12.8. The van der Waals surface area contributed by atoms with Gasteiger partial charge in [-0.15, -0.1) is 11.6 Å². The first-order chi connectivity index (χ1) is 8.96. The third-order valence-electron chi connectivity index (χ3n) is 2.85. The zero-order valence-corrected chi connectivity index (χ0v) is 11.3. The van der Waals surface area contributed by atoms with Crippen LogP contribution in [0.3, 0.4) is 0 Å². The summed E-state index contributed by atoms with van der Waals surface area (Å²) in [6, 6.07) is -0.337. The highest BCUT2D eigenvalue weighted by Gasteiger charge is 2.76. The fourth-order valence-electron chi connectivity index (χ4n) is 1.76. The van der Waals surface area contributed by atoms with Crippen molar-refractivity contribution >= 4 is 52.1 Å². The summed E-state index contributed by atoms with van der Waals surface area (Å²) < 4.78 is 20.7. The van der Waals surface area contributed by atoms with Crippen molar-refractivity contribution in [2.45, 2.75) is 10.1 Å². The molecule has 2 N–H and O–H groups in total. The molecule has 1 aromatic heterocycles. The molecule has 0 aromatic carbocycles. The monoisotopic (exact) mass is 322 g/mol. The van der Waals surface area contributed by atoms with Crippen molar-refractivity contribution in [1.29, 1.82) is 0 Å². The Labute approximate surface area is 120 Å². The summed E-state index contributed by atoms with van der Waals surface area (Å²) in [5.41, 5.74) is 5.25. The summed E-state index contributed by atoms with van der Waals surface area (Å²) in [6.45, 7) is 0. The number of carbonyl (C=O) groups excluding carboxylic acids is 1. The first-order valence-corrected chi connectivity index (χ1v) is 6.61. The van der Waals surface area contributed by atoms with E-state index in [1.54, 1.807) is 0 Å². The number of anilines is 1. The molecular weight excluding hydrogens is 318 g/mol. The van der Waals surface area contributed by atoms with Gasteiger partial charge in [0, 0.05) is 0 Å². The Hall–Kier alpha value is -1.12. The Kier molecular flexibility index (Phi) is 2.84. The number of nitrogen functional groups attached to an aromatic ring is 1. The number of esters is 1. The van der Waals surface area contributed by atoms with Crippen LogP contribution in [0.2, 0.25) is 0 Å². The smallest absolute Gasteiger partial charge is 0.334 e. The van der Waals surface area contributed by atoms with Crippen molar-refractivity contribution in [2.24, 2.45) is 10.3 Å². The molecule has 0 bridgehead atoms. The molecule has 0 saturated heterocycles. The van der Waals surface area contributed by atoms with Gasteiger partial charge in [-0.1, -0.05) is 11.6 Å². The maximum atomic E-state index is 12.9. The number of fused-ring (bicyclic) bond motifs is 1. The third-order valence-corrected chi connectivity index (χ3v) is 5.26. The van der Waals surface area contributed by atoms with E-state index in [9.17, 15) is 9.18 Å². The molecule has 1 saturated carbocycles. The molecule has 1 aliphatic heterocycles. The summed E-state index contributed by atoms with van der Waals surface area (Å²) in [6.07, 6.45) is 0.816. The van der Waals surface area contributed by atoms with E-state index >= 15 is 0 Å². The fourth-order valence-corrected chi connectivity index (χ4v) is 3.95. The number of alkyl halides is 1. The molecule has 6 nitrogen and oxygen atoms in total. The first kappa shape index (κ1) is 12.9. The lowest BCUT2D eigenvalue weighted by Gasteiger charge is -2.08. The summed E-state index contributed by atoms with van der Waals surface area (Å²) in [4.78, 5) is 19.1. The second-order valence-corrected chi connectivity index (χ2v) is 5.85. The average Bonchev–Trinajstić information content (AvgIpc) is 2.79. The number of nitrogens with zero attached hydrogens (tertiary/aromatic N) is 3. The van der Waals surface area contributed by atoms with Crippen LogP contribution >= 0.6 is 35.1 Å². The second kappa shape index (κ2) is 4.19. The molecule has 0 amide bonds. The largest absolute Gasteiger partial charge is 0.390 e. The zero-order chi connectivity index (χ0) is 13.8. The van der Waals surface area contributed by atoms with Crippen LogP contribution in [0.25, 0.3) is 0 Å². The van der Waals surface area contributed by atoms with E-state index in [4.69, 9.17) is 33.7 Å². The van der Waals surface area contributed by atoms with Crippen LogP contribution < -0.4 is 10.5 Å². The SMILES string of the molecule is Nc1nc(OC(=O)C23SN=C(Cl)C2C3Cl)ncc1F. The number of rotatable bonds is 2. The van der Waals surface area contributed by atoms with Gasteiger partial charge < -0.3 is 10.5 Å². The van der Waals surface area contributed by atoms with Gasteiger partial charge in [-0.2, -0.15) is 4.98 Å². The predicted molar refractivity (Wildman–Crippen MR) is 68.8 cm³/mol.